The predicted octanol–water partition coefficient (Wildman–Crippen LogP) is 5.73. The summed E-state index contributed by atoms with van der Waals surface area (Å²) in [5.74, 6) is -1.98. The number of rotatable bonds is 10. The Labute approximate surface area is 227 Å². The summed E-state index contributed by atoms with van der Waals surface area (Å²) in [6.45, 7) is 5.76. The highest BCUT2D eigenvalue weighted by Crippen LogP contribution is 2.38. The topological polar surface area (TPSA) is 95.3 Å². The van der Waals surface area contributed by atoms with Crippen molar-refractivity contribution in [1.82, 2.24) is 14.8 Å². The lowest BCUT2D eigenvalue weighted by molar-refractivity contribution is -0.113. The maximum absolute atomic E-state index is 14.1. The van der Waals surface area contributed by atoms with Gasteiger partial charge >= 0.3 is 5.97 Å². The molecule has 1 aromatic carbocycles. The second-order valence-corrected chi connectivity index (χ2v) is 10.7. The summed E-state index contributed by atoms with van der Waals surface area (Å²) in [6, 6.07) is 3.06. The summed E-state index contributed by atoms with van der Waals surface area (Å²) >= 11 is 2.59. The van der Waals surface area contributed by atoms with Crippen molar-refractivity contribution in [2.24, 2.45) is 0 Å². The normalized spacial score (nSPS) is 13.8. The number of hydrogen-bond donors (Lipinski definition) is 1. The Bertz CT molecular complexity index is 1340. The number of hydrogen-bond acceptors (Lipinski definition) is 8. The summed E-state index contributed by atoms with van der Waals surface area (Å²) in [4.78, 5) is 26.5. The molecule has 1 N–H and O–H groups in total. The maximum Gasteiger partial charge on any atom is 0.341 e. The molecule has 0 saturated carbocycles. The first-order chi connectivity index (χ1) is 18.3. The number of amides is 1. The number of nitrogens with zero attached hydrogens (tertiary/aromatic N) is 3. The quantitative estimate of drug-likeness (QED) is 0.146. The number of benzene rings is 1. The zero-order chi connectivity index (χ0) is 27.2. The average molecular weight is 563 g/mol. The van der Waals surface area contributed by atoms with E-state index in [0.29, 0.717) is 28.1 Å². The number of thioether (sulfide) groups is 1. The van der Waals surface area contributed by atoms with Gasteiger partial charge in [0.2, 0.25) is 5.91 Å². The van der Waals surface area contributed by atoms with E-state index in [4.69, 9.17) is 9.47 Å². The molecule has 4 rings (SSSR count). The lowest BCUT2D eigenvalue weighted by Crippen LogP contribution is -2.17. The van der Waals surface area contributed by atoms with Crippen molar-refractivity contribution in [1.29, 1.82) is 0 Å². The first-order valence-electron chi connectivity index (χ1n) is 12.1. The van der Waals surface area contributed by atoms with Crippen LogP contribution in [0.5, 0.6) is 5.75 Å². The third-order valence-corrected chi connectivity index (χ3v) is 8.19. The number of halogens is 2. The van der Waals surface area contributed by atoms with Gasteiger partial charge in [0, 0.05) is 17.5 Å². The van der Waals surface area contributed by atoms with Crippen molar-refractivity contribution >= 4 is 40.0 Å². The van der Waals surface area contributed by atoms with Gasteiger partial charge in [0.15, 0.2) is 28.7 Å². The molecule has 0 radical (unpaired) electrons. The lowest BCUT2D eigenvalue weighted by atomic mass is 10.1. The van der Waals surface area contributed by atoms with Gasteiger partial charge in [0.05, 0.1) is 18.4 Å². The third-order valence-electron chi connectivity index (χ3n) is 6.01. The zero-order valence-electron chi connectivity index (χ0n) is 21.1. The minimum atomic E-state index is -0.824. The molecule has 2 heterocycles. The molecular weight excluding hydrogens is 534 g/mol. The fourth-order valence-corrected chi connectivity index (χ4v) is 6.31. The number of nitrogens with one attached hydrogen (secondary N) is 1. The summed E-state index contributed by atoms with van der Waals surface area (Å²) in [5.41, 5.74) is 1.42. The first kappa shape index (κ1) is 27.8. The van der Waals surface area contributed by atoms with Crippen molar-refractivity contribution < 1.29 is 27.8 Å². The van der Waals surface area contributed by atoms with Crippen LogP contribution in [0.1, 0.15) is 58.9 Å². The van der Waals surface area contributed by atoms with E-state index in [0.717, 1.165) is 66.4 Å². The molecule has 0 aliphatic heterocycles. The third kappa shape index (κ3) is 6.24. The molecule has 3 aromatic rings. The minimum Gasteiger partial charge on any atom is -0.480 e. The number of thiophene rings is 1. The van der Waals surface area contributed by atoms with E-state index in [1.807, 2.05) is 0 Å². The van der Waals surface area contributed by atoms with Gasteiger partial charge in [-0.25, -0.2) is 13.6 Å². The van der Waals surface area contributed by atoms with Crippen LogP contribution < -0.4 is 10.1 Å². The molecule has 1 aliphatic rings. The molecule has 0 saturated heterocycles. The summed E-state index contributed by atoms with van der Waals surface area (Å²) in [6.07, 6.45) is 5.75. The maximum atomic E-state index is 14.1. The van der Waals surface area contributed by atoms with Gasteiger partial charge in [0.25, 0.3) is 0 Å². The number of esters is 1. The van der Waals surface area contributed by atoms with Gasteiger partial charge in [0.1, 0.15) is 10.8 Å². The van der Waals surface area contributed by atoms with Crippen molar-refractivity contribution in [3.63, 3.8) is 0 Å². The smallest absolute Gasteiger partial charge is 0.341 e. The molecule has 0 spiro atoms. The fourth-order valence-electron chi connectivity index (χ4n) is 4.26. The average Bonchev–Trinajstić information content (AvgIpc) is 3.36. The Morgan fingerprint density at radius 2 is 2.05 bits per heavy atom. The molecule has 0 bridgehead atoms. The van der Waals surface area contributed by atoms with Crippen LogP contribution in [0.25, 0.3) is 0 Å². The van der Waals surface area contributed by atoms with Crippen molar-refractivity contribution in [3.05, 3.63) is 64.3 Å². The largest absolute Gasteiger partial charge is 0.480 e. The van der Waals surface area contributed by atoms with E-state index < -0.39 is 23.7 Å². The zero-order valence-corrected chi connectivity index (χ0v) is 22.7. The van der Waals surface area contributed by atoms with E-state index in [-0.39, 0.29) is 17.4 Å². The highest BCUT2D eigenvalue weighted by molar-refractivity contribution is 7.99. The van der Waals surface area contributed by atoms with Crippen LogP contribution >= 0.6 is 23.1 Å². The molecule has 0 fully saturated rings. The Balaban J connectivity index is 1.47. The van der Waals surface area contributed by atoms with E-state index >= 15 is 0 Å². The number of fused-ring (bicyclic) bond motifs is 1. The summed E-state index contributed by atoms with van der Waals surface area (Å²) < 4.78 is 39.7. The van der Waals surface area contributed by atoms with Gasteiger partial charge < -0.3 is 14.8 Å². The second kappa shape index (κ2) is 12.5. The number of aromatic nitrogens is 3. The molecule has 38 heavy (non-hydrogen) atoms. The van der Waals surface area contributed by atoms with Crippen LogP contribution in [0.3, 0.4) is 0 Å². The predicted molar refractivity (Wildman–Crippen MR) is 142 cm³/mol. The van der Waals surface area contributed by atoms with Crippen LogP contribution in [0.2, 0.25) is 0 Å². The van der Waals surface area contributed by atoms with Gasteiger partial charge in [-0.2, -0.15) is 0 Å². The molecule has 1 aliphatic carbocycles. The molecule has 12 heteroatoms. The number of carbonyl (C=O) groups is 2. The molecule has 1 unspecified atom stereocenters. The van der Waals surface area contributed by atoms with Gasteiger partial charge in [-0.1, -0.05) is 24.3 Å². The summed E-state index contributed by atoms with van der Waals surface area (Å²) in [5, 5.41) is 12.2. The molecular formula is C26H28F2N4O4S2. The second-order valence-electron chi connectivity index (χ2n) is 8.67. The van der Waals surface area contributed by atoms with Crippen molar-refractivity contribution in [2.75, 3.05) is 18.2 Å². The monoisotopic (exact) mass is 562 g/mol. The number of ether oxygens (including phenoxy) is 2. The standard InChI is InChI=1S/C26H28F2N4O4S2/c1-4-12-32-23(15(2)36-19-11-10-16(27)13-18(19)28)30-31-26(32)37-14-21(33)29-24-22(25(34)35-3)17-8-6-5-7-9-20(17)38-24/h4,10-11,13,15H,1,5-9,12,14H2,2-3H3,(H,29,33). The van der Waals surface area contributed by atoms with E-state index in [1.54, 1.807) is 17.6 Å². The lowest BCUT2D eigenvalue weighted by Gasteiger charge is -2.16. The molecule has 1 amide bonds. The van der Waals surface area contributed by atoms with E-state index in [1.165, 1.54) is 24.5 Å². The fraction of sp³-hybridized carbons (Fsp3) is 0.385. The Morgan fingerprint density at radius 1 is 1.26 bits per heavy atom. The van der Waals surface area contributed by atoms with Gasteiger partial charge in [-0.3, -0.25) is 9.36 Å². The van der Waals surface area contributed by atoms with Crippen LogP contribution in [0, 0.1) is 11.6 Å². The van der Waals surface area contributed by atoms with Crippen LogP contribution in [-0.4, -0.2) is 39.5 Å². The van der Waals surface area contributed by atoms with Crippen LogP contribution in [0.15, 0.2) is 36.0 Å². The highest BCUT2D eigenvalue weighted by atomic mass is 32.2. The molecule has 2 aromatic heterocycles. The number of allylic oxidation sites excluding steroid dienone is 1. The molecule has 8 nitrogen and oxygen atoms in total. The van der Waals surface area contributed by atoms with Gasteiger partial charge in [-0.05, 0) is 50.3 Å². The first-order valence-corrected chi connectivity index (χ1v) is 13.9. The minimum absolute atomic E-state index is 0.0142. The van der Waals surface area contributed by atoms with Crippen molar-refractivity contribution in [2.45, 2.75) is 56.8 Å². The Morgan fingerprint density at radius 3 is 2.79 bits per heavy atom. The highest BCUT2D eigenvalue weighted by Gasteiger charge is 2.27. The van der Waals surface area contributed by atoms with Gasteiger partial charge in [-0.15, -0.1) is 28.1 Å². The molecule has 1 atom stereocenters. The molecule has 202 valence electrons. The van der Waals surface area contributed by atoms with E-state index in [9.17, 15) is 18.4 Å². The summed E-state index contributed by atoms with van der Waals surface area (Å²) in [7, 11) is 1.34. The Kier molecular flexibility index (Phi) is 9.16. The number of methoxy groups -OCH3 is 1. The van der Waals surface area contributed by atoms with Crippen LogP contribution in [-0.2, 0) is 28.9 Å². The number of anilines is 1. The van der Waals surface area contributed by atoms with E-state index in [2.05, 4.69) is 22.1 Å². The van der Waals surface area contributed by atoms with Crippen molar-refractivity contribution in [3.8, 4) is 5.75 Å². The SMILES string of the molecule is C=CCn1c(SCC(=O)Nc2sc3c(c2C(=O)OC)CCCCC3)nnc1C(C)Oc1ccc(F)cc1F. The van der Waals surface area contributed by atoms with Crippen LogP contribution in [0.4, 0.5) is 13.8 Å². The number of aryl methyl sites for hydroxylation is 1. The Hall–Kier alpha value is -3.25. The number of carbonyl (C=O) groups excluding carboxylic acids is 2.